The zero-order valence-electron chi connectivity index (χ0n) is 20.3. The van der Waals surface area contributed by atoms with Crippen LogP contribution in [0.2, 0.25) is 0 Å². The fourth-order valence-corrected chi connectivity index (χ4v) is 6.77. The number of hydrogen-bond acceptors (Lipinski definition) is 7. The van der Waals surface area contributed by atoms with Crippen molar-refractivity contribution >= 4 is 34.0 Å². The van der Waals surface area contributed by atoms with Crippen LogP contribution < -0.4 is 5.73 Å². The highest BCUT2D eigenvalue weighted by atomic mass is 32.2. The van der Waals surface area contributed by atoms with Crippen molar-refractivity contribution in [1.82, 2.24) is 34.2 Å². The highest BCUT2D eigenvalue weighted by Gasteiger charge is 2.25. The first-order chi connectivity index (χ1) is 18.2. The predicted octanol–water partition coefficient (Wildman–Crippen LogP) is 4.75. The molecular weight excluding hydrogens is 491 g/mol. The first-order valence-electron chi connectivity index (χ1n) is 12.7. The summed E-state index contributed by atoms with van der Waals surface area (Å²) in [6.07, 6.45) is 8.74. The van der Waals surface area contributed by atoms with E-state index in [4.69, 9.17) is 10.5 Å². The molecule has 0 unspecified atom stereocenters. The van der Waals surface area contributed by atoms with Gasteiger partial charge in [-0.15, -0.1) is 0 Å². The smallest absolute Gasteiger partial charge is 0.152 e. The van der Waals surface area contributed by atoms with E-state index in [0.29, 0.717) is 35.5 Å². The maximum absolute atomic E-state index is 15.4. The molecule has 37 heavy (non-hydrogen) atoms. The lowest BCUT2D eigenvalue weighted by atomic mass is 10.1. The minimum Gasteiger partial charge on any atom is -0.382 e. The van der Waals surface area contributed by atoms with Crippen molar-refractivity contribution in [2.45, 2.75) is 37.8 Å². The van der Waals surface area contributed by atoms with Gasteiger partial charge in [0.15, 0.2) is 5.82 Å². The molecule has 9 nitrogen and oxygen atoms in total. The van der Waals surface area contributed by atoms with E-state index in [1.165, 1.54) is 6.33 Å². The number of benzene rings is 1. The van der Waals surface area contributed by atoms with E-state index in [-0.39, 0.29) is 17.9 Å². The molecule has 0 bridgehead atoms. The Morgan fingerprint density at radius 2 is 1.76 bits per heavy atom. The van der Waals surface area contributed by atoms with E-state index < -0.39 is 0 Å². The van der Waals surface area contributed by atoms with Crippen LogP contribution in [-0.2, 0) is 4.74 Å². The summed E-state index contributed by atoms with van der Waals surface area (Å²) in [7, 11) is 0. The Balaban J connectivity index is 1.40. The van der Waals surface area contributed by atoms with Crippen molar-refractivity contribution in [3.8, 4) is 22.5 Å². The Kier molecular flexibility index (Phi) is 5.62. The highest BCUT2D eigenvalue weighted by molar-refractivity contribution is 7.99. The molecule has 7 rings (SSSR count). The van der Waals surface area contributed by atoms with Gasteiger partial charge in [-0.3, -0.25) is 9.36 Å². The number of nitrogen functional groups attached to an aromatic ring is 1. The molecule has 2 N–H and O–H groups in total. The molecule has 0 saturated carbocycles. The van der Waals surface area contributed by atoms with Gasteiger partial charge in [-0.05, 0) is 61.5 Å². The summed E-state index contributed by atoms with van der Waals surface area (Å²) in [4.78, 5) is 4.27. The van der Waals surface area contributed by atoms with E-state index in [0.717, 1.165) is 59.7 Å². The molecule has 5 aromatic rings. The molecule has 2 aliphatic heterocycles. The number of rotatable bonds is 4. The van der Waals surface area contributed by atoms with Gasteiger partial charge in [-0.1, -0.05) is 0 Å². The monoisotopic (exact) mass is 518 g/mol. The van der Waals surface area contributed by atoms with Crippen LogP contribution in [0, 0.1) is 5.82 Å². The quantitative estimate of drug-likeness (QED) is 0.366. The normalized spacial score (nSPS) is 17.8. The molecule has 190 valence electrons. The minimum absolute atomic E-state index is 0.236. The fourth-order valence-electron chi connectivity index (χ4n) is 5.69. The molecule has 2 saturated heterocycles. The summed E-state index contributed by atoms with van der Waals surface area (Å²) >= 11 is 1.96. The van der Waals surface area contributed by atoms with Crippen molar-refractivity contribution in [1.29, 1.82) is 0 Å². The summed E-state index contributed by atoms with van der Waals surface area (Å²) in [6, 6.07) is 8.10. The second-order valence-electron chi connectivity index (χ2n) is 9.68. The van der Waals surface area contributed by atoms with E-state index in [1.54, 1.807) is 23.0 Å². The van der Waals surface area contributed by atoms with Crippen LogP contribution in [0.1, 0.15) is 37.8 Å². The average molecular weight is 519 g/mol. The van der Waals surface area contributed by atoms with Crippen molar-refractivity contribution < 1.29 is 9.13 Å². The number of halogens is 1. The molecule has 2 aliphatic rings. The molecule has 2 fully saturated rings. The molecule has 1 aromatic carbocycles. The van der Waals surface area contributed by atoms with Crippen LogP contribution in [0.25, 0.3) is 38.9 Å². The van der Waals surface area contributed by atoms with Crippen LogP contribution in [0.5, 0.6) is 0 Å². The van der Waals surface area contributed by atoms with Gasteiger partial charge in [-0.2, -0.15) is 27.1 Å². The first-order valence-corrected chi connectivity index (χ1v) is 13.8. The number of hydrogen-bond donors (Lipinski definition) is 1. The van der Waals surface area contributed by atoms with Gasteiger partial charge in [0.25, 0.3) is 0 Å². The third-order valence-electron chi connectivity index (χ3n) is 7.56. The van der Waals surface area contributed by atoms with Crippen LogP contribution in [-0.4, -0.2) is 58.9 Å². The van der Waals surface area contributed by atoms with Gasteiger partial charge in [-0.25, -0.2) is 13.9 Å². The summed E-state index contributed by atoms with van der Waals surface area (Å²) in [6.45, 7) is 1.42. The molecule has 0 amide bonds. The van der Waals surface area contributed by atoms with Gasteiger partial charge < -0.3 is 10.5 Å². The van der Waals surface area contributed by atoms with Gasteiger partial charge in [0, 0.05) is 30.5 Å². The number of nitrogens with zero attached hydrogens (tertiary/aromatic N) is 7. The Morgan fingerprint density at radius 3 is 2.59 bits per heavy atom. The molecule has 0 spiro atoms. The first kappa shape index (κ1) is 22.7. The molecule has 0 radical (unpaired) electrons. The number of nitrogens with two attached hydrogens (primary N) is 1. The molecule has 0 aliphatic carbocycles. The summed E-state index contributed by atoms with van der Waals surface area (Å²) in [5, 5.41) is 14.3. The van der Waals surface area contributed by atoms with Gasteiger partial charge >= 0.3 is 0 Å². The Labute approximate surface area is 216 Å². The number of ether oxygens (including phenoxy) is 1. The zero-order chi connectivity index (χ0) is 24.9. The third kappa shape index (κ3) is 3.79. The molecule has 0 atom stereocenters. The van der Waals surface area contributed by atoms with Crippen molar-refractivity contribution in [2.75, 3.05) is 30.5 Å². The Morgan fingerprint density at radius 1 is 0.946 bits per heavy atom. The lowest BCUT2D eigenvalue weighted by Crippen LogP contribution is -2.21. The third-order valence-corrected chi connectivity index (χ3v) is 8.61. The fraction of sp³-hybridized carbons (Fsp3) is 0.385. The number of thioether (sulfide) groups is 1. The molecule has 11 heteroatoms. The van der Waals surface area contributed by atoms with E-state index in [1.807, 2.05) is 39.3 Å². The number of aromatic nitrogens is 7. The lowest BCUT2D eigenvalue weighted by Gasteiger charge is -2.24. The van der Waals surface area contributed by atoms with Crippen molar-refractivity contribution in [2.24, 2.45) is 0 Å². The van der Waals surface area contributed by atoms with Crippen LogP contribution in [0.3, 0.4) is 0 Å². The van der Waals surface area contributed by atoms with Gasteiger partial charge in [0.2, 0.25) is 0 Å². The predicted molar refractivity (Wildman–Crippen MR) is 142 cm³/mol. The Bertz CT molecular complexity index is 1600. The highest BCUT2D eigenvalue weighted by Crippen LogP contribution is 2.38. The van der Waals surface area contributed by atoms with Gasteiger partial charge in [0.1, 0.15) is 17.7 Å². The van der Waals surface area contributed by atoms with Crippen molar-refractivity contribution in [3.63, 3.8) is 0 Å². The second kappa shape index (κ2) is 9.14. The SMILES string of the molecule is Nc1ncnn2c(-c3cc(F)c4cnn(C5CCSCC5)c4c3)cc(-c3ccnn3C3CCOCC3)c12. The van der Waals surface area contributed by atoms with E-state index >= 15 is 4.39 Å². The summed E-state index contributed by atoms with van der Waals surface area (Å²) in [5.41, 5.74) is 11.1. The molecular formula is C26H27FN8OS. The topological polar surface area (TPSA) is 101 Å². The summed E-state index contributed by atoms with van der Waals surface area (Å²) in [5.74, 6) is 2.26. The van der Waals surface area contributed by atoms with Crippen LogP contribution in [0.15, 0.2) is 43.0 Å². The molecule has 6 heterocycles. The van der Waals surface area contributed by atoms with Gasteiger partial charge in [0.05, 0.1) is 40.6 Å². The lowest BCUT2D eigenvalue weighted by molar-refractivity contribution is 0.0667. The Hall–Kier alpha value is -3.44. The number of anilines is 1. The maximum atomic E-state index is 15.4. The maximum Gasteiger partial charge on any atom is 0.152 e. The summed E-state index contributed by atoms with van der Waals surface area (Å²) < 4.78 is 26.8. The zero-order valence-corrected chi connectivity index (χ0v) is 21.1. The van der Waals surface area contributed by atoms with Crippen molar-refractivity contribution in [3.05, 3.63) is 48.8 Å². The second-order valence-corrected chi connectivity index (χ2v) is 10.9. The minimum atomic E-state index is -0.297. The standard InChI is InChI=1S/C26H27FN8OS/c27-21-11-16(12-24-20(21)14-31-34(24)18-4-9-37-10-5-18)23-13-19(25-26(28)29-15-32-35(23)25)22-1-6-30-33(22)17-2-7-36-8-3-17/h1,6,11-15,17-18H,2-5,7-10H2,(H2,28,29,32). The molecule has 4 aromatic heterocycles. The largest absolute Gasteiger partial charge is 0.382 e. The van der Waals surface area contributed by atoms with E-state index in [2.05, 4.69) is 20.3 Å². The average Bonchev–Trinajstić information content (AvgIpc) is 3.67. The van der Waals surface area contributed by atoms with Crippen LogP contribution >= 0.6 is 11.8 Å². The van der Waals surface area contributed by atoms with Crippen LogP contribution in [0.4, 0.5) is 10.2 Å². The number of fused-ring (bicyclic) bond motifs is 2. The van der Waals surface area contributed by atoms with E-state index in [9.17, 15) is 0 Å².